The normalized spacial score (nSPS) is 16.7. The van der Waals surface area contributed by atoms with Gasteiger partial charge in [-0.25, -0.2) is 0 Å². The summed E-state index contributed by atoms with van der Waals surface area (Å²) in [5.41, 5.74) is 6.75. The summed E-state index contributed by atoms with van der Waals surface area (Å²) in [6, 6.07) is 9.59. The van der Waals surface area contributed by atoms with E-state index < -0.39 is 0 Å². The largest absolute Gasteiger partial charge is 0.380 e. The third-order valence-electron chi connectivity index (χ3n) is 4.08. The van der Waals surface area contributed by atoms with Gasteiger partial charge < -0.3 is 10.6 Å². The van der Waals surface area contributed by atoms with Crippen molar-refractivity contribution in [2.24, 2.45) is 16.8 Å². The van der Waals surface area contributed by atoms with Gasteiger partial charge >= 0.3 is 0 Å². The van der Waals surface area contributed by atoms with E-state index in [1.165, 1.54) is 32.1 Å². The van der Waals surface area contributed by atoms with Crippen molar-refractivity contribution in [2.45, 2.75) is 32.1 Å². The highest BCUT2D eigenvalue weighted by atomic mass is 16.6. The molecular weight excluding hydrogens is 274 g/mol. The predicted molar refractivity (Wildman–Crippen MR) is 91.5 cm³/mol. The molecule has 0 aromatic heterocycles. The second kappa shape index (κ2) is 8.59. The number of benzene rings is 1. The Labute approximate surface area is 133 Å². The molecule has 0 atom stereocenters. The fourth-order valence-corrected chi connectivity index (χ4v) is 2.98. The number of rotatable bonds is 7. The van der Waals surface area contributed by atoms with E-state index in [1.54, 1.807) is 0 Å². The molecular formula is C18H27N3O. The molecule has 2 N–H and O–H groups in total. The van der Waals surface area contributed by atoms with Crippen LogP contribution in [0.25, 0.3) is 0 Å². The summed E-state index contributed by atoms with van der Waals surface area (Å²) in [7, 11) is 2.10. The van der Waals surface area contributed by atoms with Crippen LogP contribution in [0.3, 0.4) is 0 Å². The van der Waals surface area contributed by atoms with Crippen molar-refractivity contribution in [1.82, 2.24) is 4.90 Å². The quantitative estimate of drug-likeness (QED) is 0.364. The van der Waals surface area contributed by atoms with Crippen LogP contribution in [0.5, 0.6) is 0 Å². The molecule has 0 aliphatic heterocycles. The SMILES string of the molecule is C=C(CN(C)CC1CCCCC1)O/N=C(\N)c1ccccc1. The van der Waals surface area contributed by atoms with Crippen LogP contribution in [0, 0.1) is 5.92 Å². The van der Waals surface area contributed by atoms with Crippen LogP contribution < -0.4 is 5.73 Å². The van der Waals surface area contributed by atoms with Gasteiger partial charge in [0, 0.05) is 12.1 Å². The molecule has 120 valence electrons. The van der Waals surface area contributed by atoms with Crippen molar-refractivity contribution < 1.29 is 4.84 Å². The Morgan fingerprint density at radius 3 is 2.64 bits per heavy atom. The van der Waals surface area contributed by atoms with Gasteiger partial charge in [-0.1, -0.05) is 61.3 Å². The maximum Gasteiger partial charge on any atom is 0.170 e. The van der Waals surface area contributed by atoms with Gasteiger partial charge in [-0.2, -0.15) is 0 Å². The highest BCUT2D eigenvalue weighted by Crippen LogP contribution is 2.24. The maximum absolute atomic E-state index is 5.89. The fraction of sp³-hybridized carbons (Fsp3) is 0.500. The number of hydrogen-bond donors (Lipinski definition) is 1. The van der Waals surface area contributed by atoms with E-state index in [0.717, 1.165) is 18.0 Å². The lowest BCUT2D eigenvalue weighted by Crippen LogP contribution is -2.29. The Kier molecular flexibility index (Phi) is 6.46. The molecule has 0 radical (unpaired) electrons. The van der Waals surface area contributed by atoms with Crippen molar-refractivity contribution in [2.75, 3.05) is 20.1 Å². The van der Waals surface area contributed by atoms with Crippen LogP contribution in [-0.4, -0.2) is 30.9 Å². The van der Waals surface area contributed by atoms with Crippen LogP contribution in [0.4, 0.5) is 0 Å². The molecule has 1 fully saturated rings. The van der Waals surface area contributed by atoms with Crippen LogP contribution in [0.15, 0.2) is 47.8 Å². The molecule has 0 saturated heterocycles. The number of likely N-dealkylation sites (N-methyl/N-ethyl adjacent to an activating group) is 1. The van der Waals surface area contributed by atoms with E-state index >= 15 is 0 Å². The number of nitrogens with two attached hydrogens (primary N) is 1. The lowest BCUT2D eigenvalue weighted by atomic mass is 9.89. The number of hydrogen-bond acceptors (Lipinski definition) is 3. The minimum Gasteiger partial charge on any atom is -0.380 e. The zero-order valence-electron chi connectivity index (χ0n) is 13.5. The van der Waals surface area contributed by atoms with Crippen molar-refractivity contribution in [3.8, 4) is 0 Å². The fourth-order valence-electron chi connectivity index (χ4n) is 2.98. The summed E-state index contributed by atoms with van der Waals surface area (Å²) in [5.74, 6) is 1.80. The summed E-state index contributed by atoms with van der Waals surface area (Å²) in [6.07, 6.45) is 6.82. The zero-order chi connectivity index (χ0) is 15.8. The van der Waals surface area contributed by atoms with Gasteiger partial charge in [-0.3, -0.25) is 4.90 Å². The molecule has 1 aromatic rings. The number of amidine groups is 1. The van der Waals surface area contributed by atoms with E-state index in [4.69, 9.17) is 10.6 Å². The molecule has 1 aliphatic rings. The molecule has 1 aliphatic carbocycles. The van der Waals surface area contributed by atoms with Crippen molar-refractivity contribution in [1.29, 1.82) is 0 Å². The van der Waals surface area contributed by atoms with E-state index in [1.807, 2.05) is 30.3 Å². The number of oxime groups is 1. The predicted octanol–water partition coefficient (Wildman–Crippen LogP) is 3.35. The average Bonchev–Trinajstić information content (AvgIpc) is 2.54. The van der Waals surface area contributed by atoms with Crippen molar-refractivity contribution in [3.05, 3.63) is 48.2 Å². The van der Waals surface area contributed by atoms with Crippen LogP contribution in [-0.2, 0) is 4.84 Å². The molecule has 1 aromatic carbocycles. The number of nitrogens with zero attached hydrogens (tertiary/aromatic N) is 2. The van der Waals surface area contributed by atoms with Gasteiger partial charge in [0.1, 0.15) is 5.76 Å². The lowest BCUT2D eigenvalue weighted by Gasteiger charge is -2.26. The highest BCUT2D eigenvalue weighted by molar-refractivity contribution is 5.96. The Hall–Kier alpha value is -1.81. The van der Waals surface area contributed by atoms with Gasteiger partial charge in [-0.15, -0.1) is 0 Å². The van der Waals surface area contributed by atoms with E-state index in [-0.39, 0.29) is 0 Å². The molecule has 0 heterocycles. The Morgan fingerprint density at radius 1 is 1.27 bits per heavy atom. The molecule has 4 nitrogen and oxygen atoms in total. The average molecular weight is 301 g/mol. The first-order valence-corrected chi connectivity index (χ1v) is 8.07. The second-order valence-electron chi connectivity index (χ2n) is 6.17. The minimum absolute atomic E-state index is 0.372. The zero-order valence-corrected chi connectivity index (χ0v) is 13.5. The maximum atomic E-state index is 5.89. The molecule has 22 heavy (non-hydrogen) atoms. The molecule has 0 spiro atoms. The Morgan fingerprint density at radius 2 is 1.95 bits per heavy atom. The molecule has 4 heteroatoms. The van der Waals surface area contributed by atoms with Crippen molar-refractivity contribution in [3.63, 3.8) is 0 Å². The van der Waals surface area contributed by atoms with Crippen LogP contribution in [0.2, 0.25) is 0 Å². The van der Waals surface area contributed by atoms with Crippen LogP contribution in [0.1, 0.15) is 37.7 Å². The third kappa shape index (κ3) is 5.53. The van der Waals surface area contributed by atoms with Gasteiger partial charge in [-0.05, 0) is 25.8 Å². The Balaban J connectivity index is 1.75. The van der Waals surface area contributed by atoms with Gasteiger partial charge in [0.05, 0.1) is 6.54 Å². The minimum atomic E-state index is 0.372. The molecule has 0 unspecified atom stereocenters. The smallest absolute Gasteiger partial charge is 0.170 e. The van der Waals surface area contributed by atoms with E-state index in [0.29, 0.717) is 18.1 Å². The summed E-state index contributed by atoms with van der Waals surface area (Å²) >= 11 is 0. The van der Waals surface area contributed by atoms with Gasteiger partial charge in [0.15, 0.2) is 5.84 Å². The lowest BCUT2D eigenvalue weighted by molar-refractivity contribution is 0.174. The summed E-state index contributed by atoms with van der Waals surface area (Å²) in [4.78, 5) is 7.60. The summed E-state index contributed by atoms with van der Waals surface area (Å²) in [5, 5.41) is 3.96. The van der Waals surface area contributed by atoms with E-state index in [2.05, 4.69) is 23.7 Å². The second-order valence-corrected chi connectivity index (χ2v) is 6.17. The van der Waals surface area contributed by atoms with Gasteiger partial charge in [0.25, 0.3) is 0 Å². The first kappa shape index (κ1) is 16.6. The molecule has 1 saturated carbocycles. The van der Waals surface area contributed by atoms with Gasteiger partial charge in [0.2, 0.25) is 0 Å². The van der Waals surface area contributed by atoms with E-state index in [9.17, 15) is 0 Å². The first-order valence-electron chi connectivity index (χ1n) is 8.07. The standard InChI is InChI=1S/C18H27N3O/c1-15(13-21(2)14-16-9-5-3-6-10-16)22-20-18(19)17-11-7-4-8-12-17/h4,7-8,11-12,16H,1,3,5-6,9-10,13-14H2,2H3,(H2,19,20). The third-order valence-corrected chi connectivity index (χ3v) is 4.08. The first-order chi connectivity index (χ1) is 10.6. The van der Waals surface area contributed by atoms with Crippen molar-refractivity contribution >= 4 is 5.84 Å². The monoisotopic (exact) mass is 301 g/mol. The molecule has 0 amide bonds. The topological polar surface area (TPSA) is 50.8 Å². The molecule has 0 bridgehead atoms. The highest BCUT2D eigenvalue weighted by Gasteiger charge is 2.15. The van der Waals surface area contributed by atoms with Crippen LogP contribution >= 0.6 is 0 Å². The summed E-state index contributed by atoms with van der Waals surface area (Å²) < 4.78 is 0. The summed E-state index contributed by atoms with van der Waals surface area (Å²) in [6.45, 7) is 5.71. The Bertz CT molecular complexity index is 492. The molecule has 2 rings (SSSR count).